The van der Waals surface area contributed by atoms with E-state index >= 15 is 0 Å². The summed E-state index contributed by atoms with van der Waals surface area (Å²) in [5, 5.41) is 1.36. The number of carbonyl (C=O) groups excluding carboxylic acids is 1. The highest BCUT2D eigenvalue weighted by Gasteiger charge is 2.33. The summed E-state index contributed by atoms with van der Waals surface area (Å²) in [4.78, 5) is 41.2. The van der Waals surface area contributed by atoms with E-state index in [-0.39, 0.29) is 11.7 Å². The van der Waals surface area contributed by atoms with Crippen LogP contribution in [0.1, 0.15) is 38.1 Å². The number of thiazole rings is 1. The molecule has 0 bridgehead atoms. The van der Waals surface area contributed by atoms with Crippen molar-refractivity contribution in [2.45, 2.75) is 48.1 Å². The monoisotopic (exact) mass is 602 g/mol. The first-order valence-corrected chi connectivity index (χ1v) is 15.8. The second-order valence-corrected chi connectivity index (χ2v) is 12.5. The summed E-state index contributed by atoms with van der Waals surface area (Å²) in [6.07, 6.45) is 3.41. The molecule has 1 aliphatic heterocycles. The first kappa shape index (κ1) is 27.4. The number of thioether (sulfide) groups is 1. The summed E-state index contributed by atoms with van der Waals surface area (Å²) in [6, 6.07) is 18.7. The van der Waals surface area contributed by atoms with Gasteiger partial charge in [0, 0.05) is 11.0 Å². The van der Waals surface area contributed by atoms with E-state index in [1.54, 1.807) is 43.2 Å². The molecule has 11 heteroatoms. The van der Waals surface area contributed by atoms with Crippen LogP contribution in [0.3, 0.4) is 0 Å². The average molecular weight is 603 g/mol. The second-order valence-electron chi connectivity index (χ2n) is 9.63. The Bertz CT molecular complexity index is 1950. The van der Waals surface area contributed by atoms with Gasteiger partial charge in [-0.1, -0.05) is 35.6 Å². The Hall–Kier alpha value is -3.80. The van der Waals surface area contributed by atoms with Crippen molar-refractivity contribution < 1.29 is 13.9 Å². The molecule has 2 aromatic carbocycles. The molecule has 0 saturated heterocycles. The van der Waals surface area contributed by atoms with Gasteiger partial charge < -0.3 is 14.1 Å². The molecule has 8 nitrogen and oxygen atoms in total. The van der Waals surface area contributed by atoms with Gasteiger partial charge in [-0.2, -0.15) is 0 Å². The van der Waals surface area contributed by atoms with Crippen LogP contribution in [0.15, 0.2) is 101 Å². The molecule has 208 valence electrons. The maximum atomic E-state index is 13.9. The van der Waals surface area contributed by atoms with Crippen LogP contribution in [0, 0.1) is 0 Å². The number of nitrogens with one attached hydrogen (secondary N) is 1. The fraction of sp³-hybridized carbons (Fsp3) is 0.200. The van der Waals surface area contributed by atoms with Gasteiger partial charge in [-0.3, -0.25) is 9.36 Å². The number of aromatic nitrogens is 3. The van der Waals surface area contributed by atoms with Crippen molar-refractivity contribution in [2.24, 2.45) is 4.99 Å². The number of hydrogen-bond acceptors (Lipinski definition) is 9. The molecule has 1 N–H and O–H groups in total. The molecule has 0 fully saturated rings. The van der Waals surface area contributed by atoms with Crippen LogP contribution in [0.25, 0.3) is 17.1 Å². The summed E-state index contributed by atoms with van der Waals surface area (Å²) in [5.41, 5.74) is 3.28. The van der Waals surface area contributed by atoms with E-state index in [4.69, 9.17) is 9.15 Å². The number of nitrogens with zero attached hydrogens (tertiary/aromatic N) is 3. The Morgan fingerprint density at radius 3 is 2.66 bits per heavy atom. The Morgan fingerprint density at radius 2 is 1.93 bits per heavy atom. The first-order valence-electron chi connectivity index (χ1n) is 12.9. The van der Waals surface area contributed by atoms with Crippen LogP contribution in [0.4, 0.5) is 0 Å². The number of allylic oxidation sites excluding steroid dienone is 1. The molecule has 0 unspecified atom stereocenters. The number of rotatable bonds is 7. The molecular formula is C30H26N4O4S3. The van der Waals surface area contributed by atoms with Gasteiger partial charge in [-0.15, -0.1) is 11.8 Å². The van der Waals surface area contributed by atoms with Crippen LogP contribution in [0.2, 0.25) is 0 Å². The number of furan rings is 1. The fourth-order valence-electron chi connectivity index (χ4n) is 4.63. The highest BCUT2D eigenvalue weighted by molar-refractivity contribution is 7.99. The van der Waals surface area contributed by atoms with Crippen LogP contribution in [-0.4, -0.2) is 32.9 Å². The number of hydrogen-bond donors (Lipinski definition) is 1. The molecule has 5 aromatic rings. The third kappa shape index (κ3) is 5.44. The SMILES string of the molecule is CSc1ccc([C@@H]2C(C(=O)OC(C)C)=C(C)N=c3s/c(=C/c4ccc(Sc5nc6ccccc6[nH]5)o4)c(=O)n32)cc1. The molecule has 41 heavy (non-hydrogen) atoms. The number of H-pyrrole nitrogens is 1. The maximum absolute atomic E-state index is 13.9. The molecule has 3 aromatic heterocycles. The minimum absolute atomic E-state index is 0.252. The third-order valence-electron chi connectivity index (χ3n) is 6.46. The third-order valence-corrected chi connectivity index (χ3v) is 8.99. The van der Waals surface area contributed by atoms with E-state index in [0.717, 1.165) is 26.6 Å². The molecule has 6 rings (SSSR count). The standard InChI is InChI=1S/C30H26N4O4S3/c1-16(2)37-28(36)25-17(3)31-30-34(26(25)18-9-12-20(39-4)13-10-18)27(35)23(40-30)15-19-11-14-24(38-19)41-29-32-21-7-5-6-8-22(21)33-29/h5-16,26H,1-4H3,(H,32,33)/b23-15+/t26-/m1/s1. The van der Waals surface area contributed by atoms with Crippen LogP contribution < -0.4 is 14.9 Å². The van der Waals surface area contributed by atoms with Crippen LogP contribution >= 0.6 is 34.9 Å². The van der Waals surface area contributed by atoms with Crippen molar-refractivity contribution in [3.8, 4) is 0 Å². The average Bonchev–Trinajstić information content (AvgIpc) is 3.65. The summed E-state index contributed by atoms with van der Waals surface area (Å²) < 4.78 is 13.6. The zero-order valence-corrected chi connectivity index (χ0v) is 25.2. The quantitative estimate of drug-likeness (QED) is 0.193. The summed E-state index contributed by atoms with van der Waals surface area (Å²) in [7, 11) is 0. The zero-order valence-electron chi connectivity index (χ0n) is 22.7. The predicted octanol–water partition coefficient (Wildman–Crippen LogP) is 5.53. The van der Waals surface area contributed by atoms with Gasteiger partial charge in [0.05, 0.1) is 39.0 Å². The molecule has 0 spiro atoms. The summed E-state index contributed by atoms with van der Waals surface area (Å²) in [5.74, 6) is 0.0534. The van der Waals surface area contributed by atoms with Crippen molar-refractivity contribution in [1.82, 2.24) is 14.5 Å². The number of para-hydroxylation sites is 2. The molecule has 1 aliphatic rings. The maximum Gasteiger partial charge on any atom is 0.338 e. The van der Waals surface area contributed by atoms with E-state index in [9.17, 15) is 9.59 Å². The number of ether oxygens (including phenoxy) is 1. The topological polar surface area (TPSA) is 102 Å². The molecule has 4 heterocycles. The number of carbonyl (C=O) groups is 1. The zero-order chi connectivity index (χ0) is 28.7. The van der Waals surface area contributed by atoms with E-state index in [0.29, 0.717) is 31.5 Å². The van der Waals surface area contributed by atoms with E-state index in [1.165, 1.54) is 23.1 Å². The van der Waals surface area contributed by atoms with Crippen LogP contribution in [0.5, 0.6) is 0 Å². The van der Waals surface area contributed by atoms with Gasteiger partial charge in [-0.25, -0.2) is 14.8 Å². The van der Waals surface area contributed by atoms with Crippen molar-refractivity contribution in [1.29, 1.82) is 0 Å². The second kappa shape index (κ2) is 11.2. The minimum Gasteiger partial charge on any atom is -0.459 e. The first-order chi connectivity index (χ1) is 19.8. The number of fused-ring (bicyclic) bond motifs is 2. The van der Waals surface area contributed by atoms with Crippen molar-refractivity contribution in [3.05, 3.63) is 103 Å². The van der Waals surface area contributed by atoms with Gasteiger partial charge in [0.1, 0.15) is 5.76 Å². The normalized spacial score (nSPS) is 15.4. The van der Waals surface area contributed by atoms with Crippen molar-refractivity contribution in [3.63, 3.8) is 0 Å². The van der Waals surface area contributed by atoms with E-state index < -0.39 is 12.0 Å². The fourth-order valence-corrected chi connectivity index (χ4v) is 6.84. The largest absolute Gasteiger partial charge is 0.459 e. The number of benzene rings is 2. The molecule has 0 amide bonds. The Labute approximate surface area is 247 Å². The smallest absolute Gasteiger partial charge is 0.338 e. The van der Waals surface area contributed by atoms with Gasteiger partial charge in [-0.05, 0) is 80.8 Å². The summed E-state index contributed by atoms with van der Waals surface area (Å²) >= 11 is 4.26. The van der Waals surface area contributed by atoms with Crippen LogP contribution in [-0.2, 0) is 9.53 Å². The predicted molar refractivity (Wildman–Crippen MR) is 162 cm³/mol. The van der Waals surface area contributed by atoms with Gasteiger partial charge in [0.25, 0.3) is 5.56 Å². The van der Waals surface area contributed by atoms with Crippen molar-refractivity contribution in [2.75, 3.05) is 6.26 Å². The molecule has 0 aliphatic carbocycles. The van der Waals surface area contributed by atoms with E-state index in [1.807, 2.05) is 66.9 Å². The number of imidazole rings is 1. The number of aromatic amines is 1. The summed E-state index contributed by atoms with van der Waals surface area (Å²) in [6.45, 7) is 5.39. The van der Waals surface area contributed by atoms with E-state index in [2.05, 4.69) is 15.0 Å². The highest BCUT2D eigenvalue weighted by Crippen LogP contribution is 2.32. The van der Waals surface area contributed by atoms with Gasteiger partial charge in [0.15, 0.2) is 15.1 Å². The lowest BCUT2D eigenvalue weighted by atomic mass is 9.96. The highest BCUT2D eigenvalue weighted by atomic mass is 32.2. The lowest BCUT2D eigenvalue weighted by molar-refractivity contribution is -0.143. The number of esters is 1. The Balaban J connectivity index is 1.39. The van der Waals surface area contributed by atoms with Gasteiger partial charge >= 0.3 is 5.97 Å². The lowest BCUT2D eigenvalue weighted by Crippen LogP contribution is -2.40. The molecular weight excluding hydrogens is 577 g/mol. The molecule has 0 radical (unpaired) electrons. The Morgan fingerprint density at radius 1 is 1.15 bits per heavy atom. The minimum atomic E-state index is -0.661. The van der Waals surface area contributed by atoms with Crippen molar-refractivity contribution >= 4 is 57.9 Å². The molecule has 0 saturated carbocycles. The molecule has 1 atom stereocenters. The van der Waals surface area contributed by atoms with Gasteiger partial charge in [0.2, 0.25) is 0 Å². The lowest BCUT2D eigenvalue weighted by Gasteiger charge is -2.25. The Kier molecular flexibility index (Phi) is 7.50.